The van der Waals surface area contributed by atoms with Gasteiger partial charge in [0, 0.05) is 48.1 Å². The molecule has 0 bridgehead atoms. The summed E-state index contributed by atoms with van der Waals surface area (Å²) in [6.45, 7) is 7.15. The van der Waals surface area contributed by atoms with Crippen molar-refractivity contribution in [1.29, 1.82) is 0 Å². The topological polar surface area (TPSA) is 3.24 Å². The normalized spacial score (nSPS) is 14.4. The lowest BCUT2D eigenvalue weighted by molar-refractivity contribution is 0.660. The average Bonchev–Trinajstić information content (AvgIpc) is 3.82. The molecule has 0 saturated heterocycles. The Bertz CT molecular complexity index is 2920. The highest BCUT2D eigenvalue weighted by Gasteiger charge is 2.42. The molecule has 0 amide bonds. The van der Waals surface area contributed by atoms with Gasteiger partial charge in [-0.05, 0) is 123 Å². The summed E-state index contributed by atoms with van der Waals surface area (Å²) in [5.74, 6) is 0. The first kappa shape index (κ1) is 32.2. The minimum Gasteiger partial charge on any atom is -0.310 e. The fourth-order valence-corrected chi connectivity index (χ4v) is 11.0. The number of anilines is 3. The highest BCUT2D eigenvalue weighted by molar-refractivity contribution is 7.25. The Labute approximate surface area is 326 Å². The van der Waals surface area contributed by atoms with E-state index in [4.69, 9.17) is 0 Å². The van der Waals surface area contributed by atoms with Crippen LogP contribution in [0.3, 0.4) is 0 Å². The van der Waals surface area contributed by atoms with E-state index >= 15 is 0 Å². The van der Waals surface area contributed by atoms with Gasteiger partial charge in [0.15, 0.2) is 0 Å². The van der Waals surface area contributed by atoms with E-state index < -0.39 is 0 Å². The lowest BCUT2D eigenvalue weighted by Crippen LogP contribution is -2.22. The van der Waals surface area contributed by atoms with Crippen LogP contribution in [0.2, 0.25) is 0 Å². The van der Waals surface area contributed by atoms with Gasteiger partial charge in [-0.15, -0.1) is 11.3 Å². The maximum Gasteiger partial charge on any atom is 0.0465 e. The first-order chi connectivity index (χ1) is 26.9. The Morgan fingerprint density at radius 1 is 0.382 bits per heavy atom. The van der Waals surface area contributed by atoms with E-state index in [0.717, 1.165) is 11.4 Å². The fraction of sp³-hybridized carbons (Fsp3) is 0.0943. The van der Waals surface area contributed by atoms with Crippen molar-refractivity contribution in [2.75, 3.05) is 4.90 Å². The summed E-state index contributed by atoms with van der Waals surface area (Å²) in [5.41, 5.74) is 17.8. The third-order valence-corrected chi connectivity index (χ3v) is 13.7. The van der Waals surface area contributed by atoms with E-state index in [9.17, 15) is 0 Å². The van der Waals surface area contributed by atoms with Gasteiger partial charge in [0.1, 0.15) is 0 Å². The molecule has 0 unspecified atom stereocenters. The molecule has 0 spiro atoms. The molecule has 55 heavy (non-hydrogen) atoms. The van der Waals surface area contributed by atoms with E-state index in [-0.39, 0.29) is 10.8 Å². The molecule has 2 aliphatic carbocycles. The van der Waals surface area contributed by atoms with Crippen molar-refractivity contribution in [3.05, 3.63) is 210 Å². The molecule has 11 rings (SSSR count). The SMILES string of the molecule is CC1(C)c2ccccc2-c2ccc(N(c3ccccc3)c3ccc(-c4cc(C5(C)c6ccccc6-c6ccccc65)c5c(c4)sc4ccccc45)cc3)cc21. The highest BCUT2D eigenvalue weighted by atomic mass is 32.1. The van der Waals surface area contributed by atoms with Crippen molar-refractivity contribution in [3.8, 4) is 33.4 Å². The molecule has 1 nitrogen and oxygen atoms in total. The second kappa shape index (κ2) is 11.9. The Hall–Kier alpha value is -6.22. The summed E-state index contributed by atoms with van der Waals surface area (Å²) in [5, 5.41) is 2.70. The number of rotatable bonds is 5. The molecule has 0 aliphatic heterocycles. The van der Waals surface area contributed by atoms with Crippen LogP contribution in [-0.2, 0) is 10.8 Å². The Morgan fingerprint density at radius 3 is 1.64 bits per heavy atom. The second-order valence-corrected chi connectivity index (χ2v) is 16.9. The largest absolute Gasteiger partial charge is 0.310 e. The minimum atomic E-state index is -0.309. The monoisotopic (exact) mass is 721 g/mol. The molecule has 8 aromatic carbocycles. The maximum absolute atomic E-state index is 2.49. The molecule has 1 aromatic heterocycles. The summed E-state index contributed by atoms with van der Waals surface area (Å²) in [7, 11) is 0. The van der Waals surface area contributed by atoms with Crippen molar-refractivity contribution < 1.29 is 0 Å². The van der Waals surface area contributed by atoms with Gasteiger partial charge in [-0.3, -0.25) is 0 Å². The first-order valence-electron chi connectivity index (χ1n) is 19.3. The smallest absolute Gasteiger partial charge is 0.0465 e. The molecule has 2 aliphatic rings. The predicted octanol–water partition coefficient (Wildman–Crippen LogP) is 14.8. The van der Waals surface area contributed by atoms with Crippen molar-refractivity contribution in [1.82, 2.24) is 0 Å². The predicted molar refractivity (Wildman–Crippen MR) is 234 cm³/mol. The van der Waals surface area contributed by atoms with Crippen LogP contribution in [0.1, 0.15) is 48.6 Å². The van der Waals surface area contributed by atoms with Crippen LogP contribution in [0.25, 0.3) is 53.6 Å². The number of fused-ring (bicyclic) bond motifs is 9. The van der Waals surface area contributed by atoms with Gasteiger partial charge in [-0.1, -0.05) is 141 Å². The van der Waals surface area contributed by atoms with Gasteiger partial charge in [-0.25, -0.2) is 0 Å². The number of para-hydroxylation sites is 1. The lowest BCUT2D eigenvalue weighted by atomic mass is 9.72. The molecular formula is C53H39NS. The van der Waals surface area contributed by atoms with Gasteiger partial charge in [0.2, 0.25) is 0 Å². The standard InChI is InChI=1S/C53H39NS/c1-52(2)44-21-11-7-17-39(44)42-30-29-38(33-47(42)52)54(36-15-5-4-6-16-36)37-27-25-34(26-28-37)35-31-48(51-43-20-10-14-24-49(43)55-50(51)32-35)53(3)45-22-12-8-18-40(45)41-19-9-13-23-46(41)53/h4-33H,1-3H3. The summed E-state index contributed by atoms with van der Waals surface area (Å²) in [6, 6.07) is 67.8. The molecular weight excluding hydrogens is 683 g/mol. The highest BCUT2D eigenvalue weighted by Crippen LogP contribution is 2.56. The Balaban J connectivity index is 1.07. The van der Waals surface area contributed by atoms with Crippen LogP contribution in [0, 0.1) is 0 Å². The van der Waals surface area contributed by atoms with Crippen LogP contribution in [-0.4, -0.2) is 0 Å². The molecule has 262 valence electrons. The molecule has 0 N–H and O–H groups in total. The van der Waals surface area contributed by atoms with Crippen molar-refractivity contribution in [2.45, 2.75) is 31.6 Å². The summed E-state index contributed by atoms with van der Waals surface area (Å²) < 4.78 is 2.65. The van der Waals surface area contributed by atoms with Gasteiger partial charge < -0.3 is 4.90 Å². The second-order valence-electron chi connectivity index (χ2n) is 15.8. The van der Waals surface area contributed by atoms with E-state index in [1.807, 2.05) is 11.3 Å². The zero-order valence-electron chi connectivity index (χ0n) is 31.2. The fourth-order valence-electron chi connectivity index (χ4n) is 9.82. The molecule has 0 fully saturated rings. The molecule has 2 heteroatoms. The van der Waals surface area contributed by atoms with Gasteiger partial charge in [0.25, 0.3) is 0 Å². The van der Waals surface area contributed by atoms with Crippen LogP contribution < -0.4 is 4.90 Å². The Kier molecular flexibility index (Phi) is 6.97. The summed E-state index contributed by atoms with van der Waals surface area (Å²) in [6.07, 6.45) is 0. The average molecular weight is 722 g/mol. The molecule has 0 atom stereocenters. The molecule has 0 radical (unpaired) electrons. The lowest BCUT2D eigenvalue weighted by Gasteiger charge is -2.30. The first-order valence-corrected chi connectivity index (χ1v) is 20.1. The van der Waals surface area contributed by atoms with Crippen molar-refractivity contribution >= 4 is 48.6 Å². The number of hydrogen-bond acceptors (Lipinski definition) is 2. The van der Waals surface area contributed by atoms with Crippen LogP contribution in [0.15, 0.2) is 182 Å². The number of benzene rings is 8. The quantitative estimate of drug-likeness (QED) is 0.171. The molecule has 1 heterocycles. The molecule has 9 aromatic rings. The maximum atomic E-state index is 2.49. The van der Waals surface area contributed by atoms with Crippen LogP contribution in [0.4, 0.5) is 17.1 Å². The minimum absolute atomic E-state index is 0.0753. The summed E-state index contributed by atoms with van der Waals surface area (Å²) >= 11 is 1.90. The van der Waals surface area contributed by atoms with Gasteiger partial charge in [-0.2, -0.15) is 0 Å². The third kappa shape index (κ3) is 4.65. The van der Waals surface area contributed by atoms with Crippen molar-refractivity contribution in [3.63, 3.8) is 0 Å². The zero-order chi connectivity index (χ0) is 36.9. The zero-order valence-corrected chi connectivity index (χ0v) is 32.0. The Morgan fingerprint density at radius 2 is 0.927 bits per heavy atom. The van der Waals surface area contributed by atoms with Gasteiger partial charge in [0.05, 0.1) is 0 Å². The van der Waals surface area contributed by atoms with Gasteiger partial charge >= 0.3 is 0 Å². The number of thiophene rings is 1. The third-order valence-electron chi connectivity index (χ3n) is 12.5. The number of nitrogens with zero attached hydrogens (tertiary/aromatic N) is 1. The molecule has 0 saturated carbocycles. The van der Waals surface area contributed by atoms with Crippen LogP contribution >= 0.6 is 11.3 Å². The number of hydrogen-bond donors (Lipinski definition) is 0. The van der Waals surface area contributed by atoms with E-state index in [0.29, 0.717) is 0 Å². The van der Waals surface area contributed by atoms with E-state index in [1.54, 1.807) is 0 Å². The summed E-state index contributed by atoms with van der Waals surface area (Å²) in [4.78, 5) is 2.40. The van der Waals surface area contributed by atoms with E-state index in [1.165, 1.54) is 87.1 Å². The van der Waals surface area contributed by atoms with Crippen LogP contribution in [0.5, 0.6) is 0 Å². The van der Waals surface area contributed by atoms with Crippen molar-refractivity contribution in [2.24, 2.45) is 0 Å². The van der Waals surface area contributed by atoms with E-state index in [2.05, 4.69) is 208 Å².